The Hall–Kier alpha value is -1.10. The maximum absolute atomic E-state index is 11.7. The maximum atomic E-state index is 11.7. The molecule has 0 saturated heterocycles. The zero-order valence-corrected chi connectivity index (χ0v) is 11.3. The highest BCUT2D eigenvalue weighted by molar-refractivity contribution is 5.79. The molecule has 0 heterocycles. The number of hydrogen-bond acceptors (Lipinski definition) is 3. The second-order valence-electron chi connectivity index (χ2n) is 5.20. The number of carbonyl (C=O) groups excluding carboxylic acids is 2. The molecule has 1 aliphatic rings. The molecule has 1 saturated carbocycles. The molecule has 0 aliphatic heterocycles. The van der Waals surface area contributed by atoms with Crippen molar-refractivity contribution in [3.05, 3.63) is 0 Å². The molecule has 1 fully saturated rings. The second kappa shape index (κ2) is 7.36. The van der Waals surface area contributed by atoms with Crippen molar-refractivity contribution in [1.82, 2.24) is 10.6 Å². The third-order valence-corrected chi connectivity index (χ3v) is 3.36. The number of amides is 2. The van der Waals surface area contributed by atoms with Gasteiger partial charge in [0.25, 0.3) is 0 Å². The van der Waals surface area contributed by atoms with E-state index in [1.165, 1.54) is 0 Å². The minimum atomic E-state index is -0.311. The average molecular weight is 255 g/mol. The van der Waals surface area contributed by atoms with Gasteiger partial charge < -0.3 is 16.4 Å². The Morgan fingerprint density at radius 3 is 2.33 bits per heavy atom. The molecule has 0 unspecified atom stereocenters. The van der Waals surface area contributed by atoms with Gasteiger partial charge in [-0.2, -0.15) is 0 Å². The first-order valence-corrected chi connectivity index (χ1v) is 6.88. The molecule has 0 aromatic carbocycles. The fourth-order valence-corrected chi connectivity index (χ4v) is 2.31. The quantitative estimate of drug-likeness (QED) is 0.625. The molecule has 0 aromatic rings. The molecule has 104 valence electrons. The van der Waals surface area contributed by atoms with E-state index in [9.17, 15) is 9.59 Å². The topological polar surface area (TPSA) is 84.2 Å². The van der Waals surface area contributed by atoms with Gasteiger partial charge >= 0.3 is 0 Å². The van der Waals surface area contributed by atoms with E-state index in [-0.39, 0.29) is 17.4 Å². The van der Waals surface area contributed by atoms with Crippen molar-refractivity contribution in [2.75, 3.05) is 13.1 Å². The van der Waals surface area contributed by atoms with E-state index in [0.717, 1.165) is 32.1 Å². The first kappa shape index (κ1) is 15.0. The van der Waals surface area contributed by atoms with Crippen molar-refractivity contribution in [1.29, 1.82) is 0 Å². The van der Waals surface area contributed by atoms with Crippen molar-refractivity contribution < 1.29 is 9.59 Å². The van der Waals surface area contributed by atoms with E-state index >= 15 is 0 Å². The Labute approximate surface area is 109 Å². The molecule has 1 rings (SSSR count). The highest BCUT2D eigenvalue weighted by Gasteiger charge is 2.31. The largest absolute Gasteiger partial charge is 0.356 e. The third kappa shape index (κ3) is 5.49. The van der Waals surface area contributed by atoms with Crippen molar-refractivity contribution in [3.63, 3.8) is 0 Å². The maximum Gasteiger partial charge on any atom is 0.221 e. The van der Waals surface area contributed by atoms with Crippen LogP contribution >= 0.6 is 0 Å². The highest BCUT2D eigenvalue weighted by atomic mass is 16.2. The van der Waals surface area contributed by atoms with Crippen LogP contribution in [0.2, 0.25) is 0 Å². The van der Waals surface area contributed by atoms with Gasteiger partial charge in [-0.1, -0.05) is 19.8 Å². The van der Waals surface area contributed by atoms with Crippen LogP contribution < -0.4 is 16.4 Å². The lowest BCUT2D eigenvalue weighted by atomic mass is 9.94. The number of carbonyl (C=O) groups is 2. The molecule has 0 aromatic heterocycles. The van der Waals surface area contributed by atoms with Gasteiger partial charge in [-0.05, 0) is 19.3 Å². The van der Waals surface area contributed by atoms with Crippen molar-refractivity contribution >= 4 is 11.8 Å². The first-order valence-electron chi connectivity index (χ1n) is 6.88. The molecular formula is C13H25N3O2. The lowest BCUT2D eigenvalue weighted by Crippen LogP contribution is -2.42. The average Bonchev–Trinajstić information content (AvgIpc) is 2.72. The minimum absolute atomic E-state index is 0.0134. The summed E-state index contributed by atoms with van der Waals surface area (Å²) in [6, 6.07) is 0. The van der Waals surface area contributed by atoms with Gasteiger partial charge in [-0.15, -0.1) is 0 Å². The summed E-state index contributed by atoms with van der Waals surface area (Å²) >= 11 is 0. The molecule has 5 heteroatoms. The molecule has 0 atom stereocenters. The van der Waals surface area contributed by atoms with Gasteiger partial charge in [0.1, 0.15) is 0 Å². The van der Waals surface area contributed by atoms with Crippen molar-refractivity contribution in [2.24, 2.45) is 5.73 Å². The van der Waals surface area contributed by atoms with E-state index in [2.05, 4.69) is 10.6 Å². The Balaban J connectivity index is 2.11. The highest BCUT2D eigenvalue weighted by Crippen LogP contribution is 2.29. The molecule has 0 radical (unpaired) electrons. The molecular weight excluding hydrogens is 230 g/mol. The molecule has 18 heavy (non-hydrogen) atoms. The summed E-state index contributed by atoms with van der Waals surface area (Å²) < 4.78 is 0. The fraction of sp³-hybridized carbons (Fsp3) is 0.846. The Kier molecular flexibility index (Phi) is 6.12. The summed E-state index contributed by atoms with van der Waals surface area (Å²) in [5.74, 6) is -0.0526. The van der Waals surface area contributed by atoms with Crippen LogP contribution in [0.3, 0.4) is 0 Å². The van der Waals surface area contributed by atoms with Crippen LogP contribution in [0.4, 0.5) is 0 Å². The zero-order valence-electron chi connectivity index (χ0n) is 11.3. The Morgan fingerprint density at radius 2 is 1.72 bits per heavy atom. The predicted molar refractivity (Wildman–Crippen MR) is 70.9 cm³/mol. The summed E-state index contributed by atoms with van der Waals surface area (Å²) in [6.07, 6.45) is 5.72. The van der Waals surface area contributed by atoms with Crippen LogP contribution in [0, 0.1) is 0 Å². The lowest BCUT2D eigenvalue weighted by molar-refractivity contribution is -0.123. The monoisotopic (exact) mass is 255 g/mol. The third-order valence-electron chi connectivity index (χ3n) is 3.36. The molecule has 1 aliphatic carbocycles. The predicted octanol–water partition coefficient (Wildman–Crippen LogP) is 0.681. The van der Waals surface area contributed by atoms with Gasteiger partial charge in [-0.3, -0.25) is 9.59 Å². The molecule has 2 amide bonds. The van der Waals surface area contributed by atoms with Gasteiger partial charge in [0, 0.05) is 31.5 Å². The second-order valence-corrected chi connectivity index (χ2v) is 5.20. The minimum Gasteiger partial charge on any atom is -0.356 e. The van der Waals surface area contributed by atoms with E-state index in [1.807, 2.05) is 6.92 Å². The molecule has 5 nitrogen and oxygen atoms in total. The van der Waals surface area contributed by atoms with E-state index in [4.69, 9.17) is 5.73 Å². The number of rotatable bonds is 7. The van der Waals surface area contributed by atoms with Crippen LogP contribution in [0.25, 0.3) is 0 Å². The van der Waals surface area contributed by atoms with Gasteiger partial charge in [0.15, 0.2) is 0 Å². The van der Waals surface area contributed by atoms with E-state index in [0.29, 0.717) is 25.9 Å². The summed E-state index contributed by atoms with van der Waals surface area (Å²) in [5.41, 5.74) is 5.81. The van der Waals surface area contributed by atoms with Crippen LogP contribution in [0.5, 0.6) is 0 Å². The summed E-state index contributed by atoms with van der Waals surface area (Å²) in [5, 5.41) is 5.53. The van der Waals surface area contributed by atoms with Crippen LogP contribution in [0.1, 0.15) is 51.9 Å². The van der Waals surface area contributed by atoms with Gasteiger partial charge in [0.05, 0.1) is 0 Å². The van der Waals surface area contributed by atoms with Crippen molar-refractivity contribution in [3.8, 4) is 0 Å². The number of nitrogens with one attached hydrogen (secondary N) is 2. The zero-order chi connectivity index (χ0) is 13.4. The number of nitrogens with two attached hydrogens (primary N) is 1. The molecule has 0 bridgehead atoms. The summed E-state index contributed by atoms with van der Waals surface area (Å²) in [4.78, 5) is 23.0. The summed E-state index contributed by atoms with van der Waals surface area (Å²) in [6.45, 7) is 3.09. The van der Waals surface area contributed by atoms with Crippen LogP contribution in [-0.4, -0.2) is 30.4 Å². The first-order chi connectivity index (χ1) is 8.56. The Bertz CT molecular complexity index is 286. The van der Waals surface area contributed by atoms with Crippen LogP contribution in [-0.2, 0) is 9.59 Å². The number of hydrogen-bond donors (Lipinski definition) is 3. The lowest BCUT2D eigenvalue weighted by Gasteiger charge is -2.22. The van der Waals surface area contributed by atoms with Gasteiger partial charge in [-0.25, -0.2) is 0 Å². The van der Waals surface area contributed by atoms with E-state index in [1.54, 1.807) is 0 Å². The SMILES string of the molecule is CCCNC(=O)CCNC(=O)CC1(N)CCCC1. The fourth-order valence-electron chi connectivity index (χ4n) is 2.31. The standard InChI is InChI=1S/C13H25N3O2/c1-2-8-15-11(17)5-9-16-12(18)10-13(14)6-3-4-7-13/h2-10,14H2,1H3,(H,15,17)(H,16,18). The van der Waals surface area contributed by atoms with Crippen molar-refractivity contribution in [2.45, 2.75) is 57.4 Å². The van der Waals surface area contributed by atoms with Gasteiger partial charge in [0.2, 0.25) is 11.8 Å². The summed E-state index contributed by atoms with van der Waals surface area (Å²) in [7, 11) is 0. The smallest absolute Gasteiger partial charge is 0.221 e. The van der Waals surface area contributed by atoms with Crippen LogP contribution in [0.15, 0.2) is 0 Å². The van der Waals surface area contributed by atoms with E-state index < -0.39 is 0 Å². The molecule has 0 spiro atoms. The normalized spacial score (nSPS) is 17.4. The molecule has 4 N–H and O–H groups in total. The Morgan fingerprint density at radius 1 is 1.11 bits per heavy atom.